The van der Waals surface area contributed by atoms with Crippen molar-refractivity contribution >= 4 is 0 Å². The zero-order valence-corrected chi connectivity index (χ0v) is 11.6. The first kappa shape index (κ1) is 14.0. The van der Waals surface area contributed by atoms with E-state index < -0.39 is 0 Å². The second kappa shape index (κ2) is 8.11. The molecule has 0 radical (unpaired) electrons. The minimum absolute atomic E-state index is 0.735. The van der Waals surface area contributed by atoms with Crippen LogP contribution in [0.1, 0.15) is 72.1 Å². The van der Waals surface area contributed by atoms with Gasteiger partial charge in [0.2, 0.25) is 0 Å². The molecule has 1 nitrogen and oxygen atoms in total. The molecule has 0 aromatic carbocycles. The molecule has 1 fully saturated rings. The van der Waals surface area contributed by atoms with Crippen LogP contribution in [0.25, 0.3) is 0 Å². The van der Waals surface area contributed by atoms with Gasteiger partial charge in [0, 0.05) is 6.04 Å². The maximum atomic E-state index is 3.78. The molecule has 1 N–H and O–H groups in total. The average molecular weight is 225 g/mol. The van der Waals surface area contributed by atoms with Crippen molar-refractivity contribution in [3.05, 3.63) is 0 Å². The molecule has 96 valence electrons. The van der Waals surface area contributed by atoms with Crippen LogP contribution in [0.4, 0.5) is 0 Å². The van der Waals surface area contributed by atoms with Crippen molar-refractivity contribution in [3.63, 3.8) is 0 Å². The van der Waals surface area contributed by atoms with Crippen molar-refractivity contribution in [1.29, 1.82) is 0 Å². The lowest BCUT2D eigenvalue weighted by atomic mass is 9.92. The van der Waals surface area contributed by atoms with E-state index in [-0.39, 0.29) is 0 Å². The smallest absolute Gasteiger partial charge is 0.00671 e. The van der Waals surface area contributed by atoms with Gasteiger partial charge in [0.25, 0.3) is 0 Å². The van der Waals surface area contributed by atoms with E-state index in [9.17, 15) is 0 Å². The maximum Gasteiger partial charge on any atom is 0.00671 e. The van der Waals surface area contributed by atoms with Crippen molar-refractivity contribution in [2.45, 2.75) is 78.2 Å². The lowest BCUT2D eigenvalue weighted by Crippen LogP contribution is -2.36. The van der Waals surface area contributed by atoms with Gasteiger partial charge in [-0.1, -0.05) is 52.4 Å². The fraction of sp³-hybridized carbons (Fsp3) is 1.00. The molecule has 0 unspecified atom stereocenters. The first-order chi connectivity index (χ1) is 7.77. The summed E-state index contributed by atoms with van der Waals surface area (Å²) in [7, 11) is 0. The zero-order chi connectivity index (χ0) is 11.8. The summed E-state index contributed by atoms with van der Waals surface area (Å²) in [6.07, 6.45) is 11.4. The van der Waals surface area contributed by atoms with Crippen LogP contribution >= 0.6 is 0 Å². The van der Waals surface area contributed by atoms with Crippen molar-refractivity contribution in [3.8, 4) is 0 Å². The van der Waals surface area contributed by atoms with Crippen LogP contribution in [0, 0.1) is 11.8 Å². The van der Waals surface area contributed by atoms with Crippen LogP contribution in [-0.2, 0) is 0 Å². The molecule has 0 saturated heterocycles. The van der Waals surface area contributed by atoms with Crippen LogP contribution in [0.5, 0.6) is 0 Å². The summed E-state index contributed by atoms with van der Waals surface area (Å²) in [6, 6.07) is 0.735. The third-order valence-electron chi connectivity index (χ3n) is 4.49. The summed E-state index contributed by atoms with van der Waals surface area (Å²) in [5.74, 6) is 1.82. The Morgan fingerprint density at radius 3 is 2.06 bits per heavy atom. The predicted molar refractivity (Wildman–Crippen MR) is 72.7 cm³/mol. The van der Waals surface area contributed by atoms with Crippen molar-refractivity contribution in [2.75, 3.05) is 6.54 Å². The fourth-order valence-corrected chi connectivity index (χ4v) is 2.91. The second-order valence-corrected chi connectivity index (χ2v) is 5.63. The van der Waals surface area contributed by atoms with Gasteiger partial charge < -0.3 is 5.32 Å². The Hall–Kier alpha value is -0.0400. The Bertz CT molecular complexity index is 155. The summed E-state index contributed by atoms with van der Waals surface area (Å²) >= 11 is 0. The zero-order valence-electron chi connectivity index (χ0n) is 11.6. The molecule has 1 aliphatic carbocycles. The topological polar surface area (TPSA) is 12.0 Å². The lowest BCUT2D eigenvalue weighted by molar-refractivity contribution is 0.313. The van der Waals surface area contributed by atoms with Crippen molar-refractivity contribution in [2.24, 2.45) is 11.8 Å². The van der Waals surface area contributed by atoms with E-state index in [0.29, 0.717) is 0 Å². The monoisotopic (exact) mass is 225 g/mol. The van der Waals surface area contributed by atoms with E-state index >= 15 is 0 Å². The van der Waals surface area contributed by atoms with E-state index in [1.807, 2.05) is 0 Å². The van der Waals surface area contributed by atoms with E-state index in [1.165, 1.54) is 57.9 Å². The molecular weight excluding hydrogens is 194 g/mol. The Labute approximate surface area is 102 Å². The summed E-state index contributed by atoms with van der Waals surface area (Å²) in [6.45, 7) is 8.25. The highest BCUT2D eigenvalue weighted by atomic mass is 14.9. The van der Waals surface area contributed by atoms with Gasteiger partial charge in [-0.05, 0) is 38.1 Å². The number of hydrogen-bond donors (Lipinski definition) is 1. The van der Waals surface area contributed by atoms with Gasteiger partial charge in [-0.3, -0.25) is 0 Å². The van der Waals surface area contributed by atoms with Crippen LogP contribution in [-0.4, -0.2) is 12.6 Å². The third kappa shape index (κ3) is 4.86. The highest BCUT2D eigenvalue weighted by Gasteiger charge is 2.19. The molecule has 0 aliphatic heterocycles. The molecule has 0 spiro atoms. The van der Waals surface area contributed by atoms with Crippen LogP contribution in [0.2, 0.25) is 0 Å². The van der Waals surface area contributed by atoms with Gasteiger partial charge in [0.05, 0.1) is 0 Å². The van der Waals surface area contributed by atoms with E-state index in [2.05, 4.69) is 26.1 Å². The SMILES string of the molecule is CCC(CC)CN[C@@H](C)C1CCCCCC1. The number of rotatable bonds is 6. The quantitative estimate of drug-likeness (QED) is 0.662. The Morgan fingerprint density at radius 1 is 1.00 bits per heavy atom. The second-order valence-electron chi connectivity index (χ2n) is 5.63. The molecule has 0 amide bonds. The van der Waals surface area contributed by atoms with Gasteiger partial charge >= 0.3 is 0 Å². The fourth-order valence-electron chi connectivity index (χ4n) is 2.91. The first-order valence-corrected chi connectivity index (χ1v) is 7.51. The van der Waals surface area contributed by atoms with Crippen LogP contribution in [0.3, 0.4) is 0 Å². The lowest BCUT2D eigenvalue weighted by Gasteiger charge is -2.25. The van der Waals surface area contributed by atoms with Crippen molar-refractivity contribution < 1.29 is 0 Å². The molecule has 0 aromatic rings. The van der Waals surface area contributed by atoms with E-state index in [4.69, 9.17) is 0 Å². The molecule has 1 aliphatic rings. The van der Waals surface area contributed by atoms with E-state index in [1.54, 1.807) is 0 Å². The summed E-state index contributed by atoms with van der Waals surface area (Å²) in [5.41, 5.74) is 0. The Morgan fingerprint density at radius 2 is 1.56 bits per heavy atom. The summed E-state index contributed by atoms with van der Waals surface area (Å²) in [4.78, 5) is 0. The molecule has 0 aromatic heterocycles. The average Bonchev–Trinajstić information content (AvgIpc) is 2.58. The van der Waals surface area contributed by atoms with Gasteiger partial charge in [-0.25, -0.2) is 0 Å². The van der Waals surface area contributed by atoms with Gasteiger partial charge in [-0.15, -0.1) is 0 Å². The first-order valence-electron chi connectivity index (χ1n) is 7.51. The summed E-state index contributed by atoms with van der Waals surface area (Å²) < 4.78 is 0. The molecule has 1 atom stereocenters. The Kier molecular flexibility index (Phi) is 7.11. The number of hydrogen-bond acceptors (Lipinski definition) is 1. The predicted octanol–water partition coefficient (Wildman–Crippen LogP) is 4.37. The summed E-state index contributed by atoms with van der Waals surface area (Å²) in [5, 5.41) is 3.78. The van der Waals surface area contributed by atoms with Crippen LogP contribution in [0.15, 0.2) is 0 Å². The molecule has 1 rings (SSSR count). The molecular formula is C15H31N. The molecule has 1 saturated carbocycles. The van der Waals surface area contributed by atoms with Gasteiger partial charge in [0.1, 0.15) is 0 Å². The van der Waals surface area contributed by atoms with Crippen molar-refractivity contribution in [1.82, 2.24) is 5.32 Å². The molecule has 1 heteroatoms. The maximum absolute atomic E-state index is 3.78. The largest absolute Gasteiger partial charge is 0.314 e. The molecule has 0 heterocycles. The Balaban J connectivity index is 2.24. The molecule has 16 heavy (non-hydrogen) atoms. The third-order valence-corrected chi connectivity index (χ3v) is 4.49. The van der Waals surface area contributed by atoms with Gasteiger partial charge in [-0.2, -0.15) is 0 Å². The van der Waals surface area contributed by atoms with Crippen LogP contribution < -0.4 is 5.32 Å². The van der Waals surface area contributed by atoms with Gasteiger partial charge in [0.15, 0.2) is 0 Å². The number of nitrogens with one attached hydrogen (secondary N) is 1. The highest BCUT2D eigenvalue weighted by molar-refractivity contribution is 4.75. The highest BCUT2D eigenvalue weighted by Crippen LogP contribution is 2.25. The standard InChI is InChI=1S/C15H31N/c1-4-14(5-2)12-16-13(3)15-10-8-6-7-9-11-15/h13-16H,4-12H2,1-3H3/t13-/m0/s1. The van der Waals surface area contributed by atoms with E-state index in [0.717, 1.165) is 17.9 Å². The minimum Gasteiger partial charge on any atom is -0.314 e. The molecule has 0 bridgehead atoms. The normalized spacial score (nSPS) is 21.0. The minimum atomic E-state index is 0.735.